The zero-order valence-corrected chi connectivity index (χ0v) is 10.4. The highest BCUT2D eigenvalue weighted by Crippen LogP contribution is 2.35. The predicted octanol–water partition coefficient (Wildman–Crippen LogP) is 3.97. The average Bonchev–Trinajstić information content (AvgIpc) is 2.45. The van der Waals surface area contributed by atoms with Crippen LogP contribution in [0, 0.1) is 0 Å². The van der Waals surface area contributed by atoms with Gasteiger partial charge in [0.05, 0.1) is 5.56 Å². The maximum atomic E-state index is 12.7. The van der Waals surface area contributed by atoms with E-state index in [1.165, 1.54) is 18.2 Å². The summed E-state index contributed by atoms with van der Waals surface area (Å²) in [6, 6.07) is 13.1. The van der Waals surface area contributed by atoms with E-state index in [0.717, 1.165) is 6.07 Å². The maximum absolute atomic E-state index is 12.7. The molecule has 0 spiro atoms. The van der Waals surface area contributed by atoms with Crippen LogP contribution in [0.5, 0.6) is 5.75 Å². The van der Waals surface area contributed by atoms with Gasteiger partial charge >= 0.3 is 6.18 Å². The van der Waals surface area contributed by atoms with Crippen LogP contribution in [-0.2, 0) is 6.18 Å². The molecule has 0 saturated carbocycles. The second kappa shape index (κ2) is 5.77. The minimum atomic E-state index is -4.51. The number of halogens is 3. The summed E-state index contributed by atoms with van der Waals surface area (Å²) in [5.74, 6) is -0.716. The Morgan fingerprint density at radius 2 is 1.55 bits per heavy atom. The number of para-hydroxylation sites is 1. The third kappa shape index (κ3) is 3.38. The molecule has 0 aromatic heterocycles. The van der Waals surface area contributed by atoms with Crippen molar-refractivity contribution >= 4 is 5.78 Å². The molecule has 0 bridgehead atoms. The molecule has 0 fully saturated rings. The van der Waals surface area contributed by atoms with E-state index in [1.807, 2.05) is 0 Å². The molecule has 0 aliphatic rings. The number of carbonyl (C=O) groups excluding carboxylic acids is 1. The number of hydrogen-bond acceptors (Lipinski definition) is 2. The number of benzene rings is 2. The first kappa shape index (κ1) is 14.1. The Morgan fingerprint density at radius 1 is 0.950 bits per heavy atom. The molecule has 0 amide bonds. The van der Waals surface area contributed by atoms with Crippen molar-refractivity contribution < 1.29 is 22.7 Å². The normalized spacial score (nSPS) is 11.2. The van der Waals surface area contributed by atoms with Gasteiger partial charge in [-0.25, -0.2) is 0 Å². The molecule has 2 aromatic rings. The molecule has 0 atom stereocenters. The lowest BCUT2D eigenvalue weighted by Gasteiger charge is -2.13. The largest absolute Gasteiger partial charge is 0.485 e. The van der Waals surface area contributed by atoms with Gasteiger partial charge in [0, 0.05) is 5.56 Å². The van der Waals surface area contributed by atoms with Gasteiger partial charge in [-0.3, -0.25) is 4.79 Å². The first-order valence-electron chi connectivity index (χ1n) is 5.86. The summed E-state index contributed by atoms with van der Waals surface area (Å²) in [4.78, 5) is 11.8. The van der Waals surface area contributed by atoms with Gasteiger partial charge in [-0.1, -0.05) is 42.5 Å². The van der Waals surface area contributed by atoms with Crippen molar-refractivity contribution in [3.8, 4) is 5.75 Å². The summed E-state index contributed by atoms with van der Waals surface area (Å²) < 4.78 is 43.2. The Bertz CT molecular complexity index is 592. The van der Waals surface area contributed by atoms with Gasteiger partial charge in [0.15, 0.2) is 12.4 Å². The molecular formula is C15H11F3O2. The lowest BCUT2D eigenvalue weighted by atomic mass is 10.1. The number of carbonyl (C=O) groups is 1. The van der Waals surface area contributed by atoms with Crippen molar-refractivity contribution in [3.63, 3.8) is 0 Å². The SMILES string of the molecule is O=C(COc1ccccc1C(F)(F)F)c1ccccc1. The van der Waals surface area contributed by atoms with Crippen LogP contribution in [-0.4, -0.2) is 12.4 Å². The molecule has 0 saturated heterocycles. The molecule has 2 nitrogen and oxygen atoms in total. The summed E-state index contributed by atoms with van der Waals surface area (Å²) in [5.41, 5.74) is -0.488. The zero-order valence-electron chi connectivity index (χ0n) is 10.4. The number of ketones is 1. The molecule has 5 heteroatoms. The van der Waals surface area contributed by atoms with Crippen molar-refractivity contribution in [3.05, 3.63) is 65.7 Å². The van der Waals surface area contributed by atoms with Crippen molar-refractivity contribution in [2.24, 2.45) is 0 Å². The van der Waals surface area contributed by atoms with E-state index in [2.05, 4.69) is 0 Å². The Balaban J connectivity index is 2.11. The Labute approximate surface area is 113 Å². The maximum Gasteiger partial charge on any atom is 0.419 e. The van der Waals surface area contributed by atoms with Crippen LogP contribution in [0.2, 0.25) is 0 Å². The quantitative estimate of drug-likeness (QED) is 0.792. The first-order valence-corrected chi connectivity index (χ1v) is 5.86. The fraction of sp³-hybridized carbons (Fsp3) is 0.133. The van der Waals surface area contributed by atoms with Gasteiger partial charge in [0.2, 0.25) is 0 Å². The number of rotatable bonds is 4. The third-order valence-corrected chi connectivity index (χ3v) is 2.65. The van der Waals surface area contributed by atoms with E-state index in [4.69, 9.17) is 4.74 Å². The average molecular weight is 280 g/mol. The van der Waals surface area contributed by atoms with Crippen LogP contribution < -0.4 is 4.74 Å². The predicted molar refractivity (Wildman–Crippen MR) is 67.7 cm³/mol. The molecule has 104 valence electrons. The minimum absolute atomic E-state index is 0.343. The van der Waals surface area contributed by atoms with Crippen LogP contribution in [0.1, 0.15) is 15.9 Å². The molecule has 0 aliphatic carbocycles. The van der Waals surface area contributed by atoms with Crippen molar-refractivity contribution in [1.29, 1.82) is 0 Å². The van der Waals surface area contributed by atoms with Crippen LogP contribution in [0.4, 0.5) is 13.2 Å². The topological polar surface area (TPSA) is 26.3 Å². The molecule has 0 radical (unpaired) electrons. The summed E-state index contributed by atoms with van der Waals surface area (Å²) in [6.07, 6.45) is -4.51. The van der Waals surface area contributed by atoms with Gasteiger partial charge in [0.25, 0.3) is 0 Å². The fourth-order valence-corrected chi connectivity index (χ4v) is 1.68. The van der Waals surface area contributed by atoms with Gasteiger partial charge in [-0.05, 0) is 12.1 Å². The summed E-state index contributed by atoms with van der Waals surface area (Å²) in [6.45, 7) is -0.433. The molecule has 0 unspecified atom stereocenters. The molecular weight excluding hydrogens is 269 g/mol. The highest BCUT2D eigenvalue weighted by Gasteiger charge is 2.34. The molecule has 0 heterocycles. The second-order valence-corrected chi connectivity index (χ2v) is 4.07. The number of hydrogen-bond donors (Lipinski definition) is 0. The van der Waals surface area contributed by atoms with E-state index in [9.17, 15) is 18.0 Å². The summed E-state index contributed by atoms with van der Waals surface area (Å²) >= 11 is 0. The van der Waals surface area contributed by atoms with E-state index in [0.29, 0.717) is 5.56 Å². The van der Waals surface area contributed by atoms with Gasteiger partial charge < -0.3 is 4.74 Å². The standard InChI is InChI=1S/C15H11F3O2/c16-15(17,18)12-8-4-5-9-14(12)20-10-13(19)11-6-2-1-3-7-11/h1-9H,10H2. The van der Waals surface area contributed by atoms with E-state index in [1.54, 1.807) is 30.3 Å². The van der Waals surface area contributed by atoms with Gasteiger partial charge in [-0.2, -0.15) is 13.2 Å². The lowest BCUT2D eigenvalue weighted by Crippen LogP contribution is -2.14. The number of Topliss-reactive ketones (excluding diaryl/α,β-unsaturated/α-hetero) is 1. The molecule has 20 heavy (non-hydrogen) atoms. The van der Waals surface area contributed by atoms with E-state index >= 15 is 0 Å². The van der Waals surface area contributed by atoms with E-state index in [-0.39, 0.29) is 11.5 Å². The first-order chi connectivity index (χ1) is 9.48. The lowest BCUT2D eigenvalue weighted by molar-refractivity contribution is -0.138. The smallest absolute Gasteiger partial charge is 0.419 e. The van der Waals surface area contributed by atoms with Gasteiger partial charge in [-0.15, -0.1) is 0 Å². The highest BCUT2D eigenvalue weighted by molar-refractivity contribution is 5.97. The summed E-state index contributed by atoms with van der Waals surface area (Å²) in [7, 11) is 0. The molecule has 0 N–H and O–H groups in total. The Hall–Kier alpha value is -2.30. The molecule has 2 aromatic carbocycles. The van der Waals surface area contributed by atoms with Crippen molar-refractivity contribution in [2.45, 2.75) is 6.18 Å². The number of alkyl halides is 3. The number of ether oxygens (including phenoxy) is 1. The highest BCUT2D eigenvalue weighted by atomic mass is 19.4. The third-order valence-electron chi connectivity index (χ3n) is 2.65. The summed E-state index contributed by atoms with van der Waals surface area (Å²) in [5, 5.41) is 0. The molecule has 2 rings (SSSR count). The van der Waals surface area contributed by atoms with Gasteiger partial charge in [0.1, 0.15) is 5.75 Å². The Kier molecular flexibility index (Phi) is 4.08. The second-order valence-electron chi connectivity index (χ2n) is 4.07. The van der Waals surface area contributed by atoms with Crippen LogP contribution >= 0.6 is 0 Å². The van der Waals surface area contributed by atoms with Crippen molar-refractivity contribution in [1.82, 2.24) is 0 Å². The van der Waals surface area contributed by atoms with Crippen LogP contribution in [0.15, 0.2) is 54.6 Å². The van der Waals surface area contributed by atoms with Crippen LogP contribution in [0.25, 0.3) is 0 Å². The molecule has 0 aliphatic heterocycles. The Morgan fingerprint density at radius 3 is 2.20 bits per heavy atom. The fourth-order valence-electron chi connectivity index (χ4n) is 1.68. The zero-order chi connectivity index (χ0) is 14.6. The van der Waals surface area contributed by atoms with E-state index < -0.39 is 18.3 Å². The monoisotopic (exact) mass is 280 g/mol. The van der Waals surface area contributed by atoms with Crippen LogP contribution in [0.3, 0.4) is 0 Å². The minimum Gasteiger partial charge on any atom is -0.485 e. The van der Waals surface area contributed by atoms with Crippen molar-refractivity contribution in [2.75, 3.05) is 6.61 Å².